The van der Waals surface area contributed by atoms with Crippen LogP contribution < -0.4 is 14.4 Å². The Balaban J connectivity index is 1.57. The quantitative estimate of drug-likeness (QED) is 0.164. The molecule has 0 unspecified atom stereocenters. The van der Waals surface area contributed by atoms with Gasteiger partial charge in [0.2, 0.25) is 11.8 Å². The number of amides is 2. The monoisotopic (exact) mass is 687 g/mol. The maximum Gasteiger partial charge on any atom is 0.264 e. The van der Waals surface area contributed by atoms with Crippen molar-refractivity contribution >= 4 is 39.1 Å². The Hall–Kier alpha value is -4.34. The summed E-state index contributed by atoms with van der Waals surface area (Å²) in [5, 5.41) is 3.56. The highest BCUT2D eigenvalue weighted by Gasteiger charge is 2.35. The van der Waals surface area contributed by atoms with Gasteiger partial charge in [-0.25, -0.2) is 8.42 Å². The van der Waals surface area contributed by atoms with Crippen molar-refractivity contribution in [2.75, 3.05) is 18.0 Å². The highest BCUT2D eigenvalue weighted by molar-refractivity contribution is 7.92. The molecule has 0 radical (unpaired) electrons. The lowest BCUT2D eigenvalue weighted by atomic mass is 9.94. The molecule has 8 nitrogen and oxygen atoms in total. The van der Waals surface area contributed by atoms with E-state index in [9.17, 15) is 18.0 Å². The Kier molecular flexibility index (Phi) is 11.8. The SMILES string of the molecule is COc1cccc(CN(C(=O)CN(c2cccc(Cl)c2)S(=O)(=O)c2ccc(C)cc2)[C@H](Cc2ccccc2)C(=O)NC2CCCCC2)c1. The molecule has 252 valence electrons. The van der Waals surface area contributed by atoms with E-state index in [1.54, 1.807) is 37.4 Å². The van der Waals surface area contributed by atoms with Crippen LogP contribution in [0.5, 0.6) is 5.75 Å². The van der Waals surface area contributed by atoms with E-state index < -0.39 is 28.5 Å². The van der Waals surface area contributed by atoms with Crippen LogP contribution in [0.4, 0.5) is 5.69 Å². The molecule has 1 aliphatic carbocycles. The molecule has 0 aromatic heterocycles. The first-order valence-electron chi connectivity index (χ1n) is 16.3. The second-order valence-corrected chi connectivity index (χ2v) is 14.5. The minimum absolute atomic E-state index is 0.0168. The largest absolute Gasteiger partial charge is 0.497 e. The Labute approximate surface area is 288 Å². The van der Waals surface area contributed by atoms with E-state index in [1.807, 2.05) is 61.5 Å². The topological polar surface area (TPSA) is 96.0 Å². The van der Waals surface area contributed by atoms with Crippen molar-refractivity contribution in [2.24, 2.45) is 0 Å². The van der Waals surface area contributed by atoms with Gasteiger partial charge >= 0.3 is 0 Å². The standard InChI is InChI=1S/C38H42ClN3O5S/c1-28-19-21-35(22-20-28)48(45,46)42(33-17-10-14-31(39)25-33)27-37(43)41(26-30-13-9-18-34(23-30)47-2)36(24-29-11-5-3-6-12-29)38(44)40-32-15-7-4-8-16-32/h3,5-6,9-14,17-23,25,32,36H,4,7-8,15-16,24,26-27H2,1-2H3,(H,40,44)/t36-/m1/s1. The van der Waals surface area contributed by atoms with Crippen molar-refractivity contribution in [2.45, 2.75) is 69.0 Å². The molecule has 4 aromatic carbocycles. The predicted molar refractivity (Wildman–Crippen MR) is 190 cm³/mol. The molecular formula is C38H42ClN3O5S. The summed E-state index contributed by atoms with van der Waals surface area (Å²) < 4.78 is 35.0. The van der Waals surface area contributed by atoms with Gasteiger partial charge in [0.25, 0.3) is 10.0 Å². The first kappa shape index (κ1) is 35.0. The van der Waals surface area contributed by atoms with Gasteiger partial charge in [0.15, 0.2) is 0 Å². The number of halogens is 1. The summed E-state index contributed by atoms with van der Waals surface area (Å²) in [5.41, 5.74) is 2.76. The zero-order valence-corrected chi connectivity index (χ0v) is 28.9. The number of anilines is 1. The van der Waals surface area contributed by atoms with E-state index in [0.717, 1.165) is 53.1 Å². The molecule has 2 amide bonds. The third kappa shape index (κ3) is 8.96. The van der Waals surface area contributed by atoms with Crippen LogP contribution >= 0.6 is 11.6 Å². The summed E-state index contributed by atoms with van der Waals surface area (Å²) in [6.45, 7) is 1.37. The van der Waals surface area contributed by atoms with Crippen molar-refractivity contribution < 1.29 is 22.7 Å². The number of nitrogens with one attached hydrogen (secondary N) is 1. The van der Waals surface area contributed by atoms with Crippen LogP contribution in [0, 0.1) is 6.92 Å². The summed E-state index contributed by atoms with van der Waals surface area (Å²) in [4.78, 5) is 30.5. The third-order valence-electron chi connectivity index (χ3n) is 8.69. The van der Waals surface area contributed by atoms with Crippen LogP contribution in [0.1, 0.15) is 48.8 Å². The summed E-state index contributed by atoms with van der Waals surface area (Å²) in [5.74, 6) is -0.195. The molecule has 0 bridgehead atoms. The molecule has 1 fully saturated rings. The number of hydrogen-bond donors (Lipinski definition) is 1. The minimum Gasteiger partial charge on any atom is -0.497 e. The smallest absolute Gasteiger partial charge is 0.264 e. The first-order chi connectivity index (χ1) is 23.1. The van der Waals surface area contributed by atoms with Crippen molar-refractivity contribution in [3.63, 3.8) is 0 Å². The Bertz CT molecular complexity index is 1790. The maximum atomic E-state index is 14.7. The number of ether oxygens (including phenoxy) is 1. The van der Waals surface area contributed by atoms with Gasteiger partial charge in [-0.15, -0.1) is 0 Å². The van der Waals surface area contributed by atoms with E-state index in [0.29, 0.717) is 10.8 Å². The van der Waals surface area contributed by atoms with Gasteiger partial charge in [0.1, 0.15) is 18.3 Å². The zero-order chi connectivity index (χ0) is 34.1. The summed E-state index contributed by atoms with van der Waals surface area (Å²) in [6, 6.07) is 28.8. The average molecular weight is 688 g/mol. The van der Waals surface area contributed by atoms with E-state index in [4.69, 9.17) is 16.3 Å². The number of methoxy groups -OCH3 is 1. The second-order valence-electron chi connectivity index (χ2n) is 12.2. The van der Waals surface area contributed by atoms with Crippen LogP contribution in [-0.4, -0.2) is 50.9 Å². The van der Waals surface area contributed by atoms with E-state index >= 15 is 0 Å². The molecule has 1 saturated carbocycles. The number of benzene rings is 4. The Morgan fingerprint density at radius 3 is 2.25 bits per heavy atom. The molecule has 5 rings (SSSR count). The summed E-state index contributed by atoms with van der Waals surface area (Å²) in [6.07, 6.45) is 5.21. The van der Waals surface area contributed by atoms with Crippen LogP contribution in [0.3, 0.4) is 0 Å². The van der Waals surface area contributed by atoms with E-state index in [1.165, 1.54) is 23.1 Å². The van der Waals surface area contributed by atoms with Gasteiger partial charge < -0.3 is 15.0 Å². The number of rotatable bonds is 13. The fourth-order valence-corrected chi connectivity index (χ4v) is 7.65. The lowest BCUT2D eigenvalue weighted by molar-refractivity contribution is -0.140. The molecule has 1 atom stereocenters. The fraction of sp³-hybridized carbons (Fsp3) is 0.316. The highest BCUT2D eigenvalue weighted by Crippen LogP contribution is 2.28. The van der Waals surface area contributed by atoms with Crippen molar-refractivity contribution in [1.82, 2.24) is 10.2 Å². The van der Waals surface area contributed by atoms with Gasteiger partial charge in [-0.3, -0.25) is 13.9 Å². The Morgan fingerprint density at radius 2 is 1.56 bits per heavy atom. The number of sulfonamides is 1. The summed E-state index contributed by atoms with van der Waals surface area (Å²) >= 11 is 6.33. The molecule has 10 heteroatoms. The molecule has 0 heterocycles. The molecular weight excluding hydrogens is 646 g/mol. The Morgan fingerprint density at radius 1 is 0.875 bits per heavy atom. The summed E-state index contributed by atoms with van der Waals surface area (Å²) in [7, 11) is -2.65. The van der Waals surface area contributed by atoms with Gasteiger partial charge in [-0.1, -0.05) is 97.1 Å². The van der Waals surface area contributed by atoms with Crippen LogP contribution in [0.15, 0.2) is 108 Å². The molecule has 4 aromatic rings. The molecule has 0 spiro atoms. The van der Waals surface area contributed by atoms with Crippen LogP contribution in [-0.2, 0) is 32.6 Å². The number of nitrogens with zero attached hydrogens (tertiary/aromatic N) is 2. The molecule has 48 heavy (non-hydrogen) atoms. The number of carbonyl (C=O) groups excluding carboxylic acids is 2. The highest BCUT2D eigenvalue weighted by atomic mass is 35.5. The normalized spacial score (nSPS) is 14.1. The zero-order valence-electron chi connectivity index (χ0n) is 27.3. The predicted octanol–water partition coefficient (Wildman–Crippen LogP) is 6.94. The maximum absolute atomic E-state index is 14.7. The minimum atomic E-state index is -4.22. The van der Waals surface area contributed by atoms with E-state index in [2.05, 4.69) is 5.32 Å². The van der Waals surface area contributed by atoms with E-state index in [-0.39, 0.29) is 35.5 Å². The molecule has 0 saturated heterocycles. The lowest BCUT2D eigenvalue weighted by Crippen LogP contribution is -2.55. The number of aryl methyl sites for hydroxylation is 1. The molecule has 1 N–H and O–H groups in total. The average Bonchev–Trinajstić information content (AvgIpc) is 3.09. The lowest BCUT2D eigenvalue weighted by Gasteiger charge is -2.35. The van der Waals surface area contributed by atoms with Crippen LogP contribution in [0.2, 0.25) is 5.02 Å². The molecule has 0 aliphatic heterocycles. The van der Waals surface area contributed by atoms with Gasteiger partial charge in [0, 0.05) is 24.0 Å². The van der Waals surface area contributed by atoms with Gasteiger partial charge in [-0.2, -0.15) is 0 Å². The number of hydrogen-bond acceptors (Lipinski definition) is 5. The first-order valence-corrected chi connectivity index (χ1v) is 18.1. The van der Waals surface area contributed by atoms with Crippen molar-refractivity contribution in [3.8, 4) is 5.75 Å². The fourth-order valence-electron chi connectivity index (χ4n) is 6.06. The van der Waals surface area contributed by atoms with Crippen LogP contribution in [0.25, 0.3) is 0 Å². The van der Waals surface area contributed by atoms with Crippen molar-refractivity contribution in [3.05, 3.63) is 125 Å². The van der Waals surface area contributed by atoms with Gasteiger partial charge in [-0.05, 0) is 73.4 Å². The van der Waals surface area contributed by atoms with Gasteiger partial charge in [0.05, 0.1) is 17.7 Å². The third-order valence-corrected chi connectivity index (χ3v) is 10.7. The van der Waals surface area contributed by atoms with Crippen molar-refractivity contribution in [1.29, 1.82) is 0 Å². The number of carbonyl (C=O) groups is 2. The molecule has 1 aliphatic rings. The second kappa shape index (κ2) is 16.2.